The SMILES string of the molecule is CS(=O)CCNCc1ccnc2ccccc12. The van der Waals surface area contributed by atoms with Crippen molar-refractivity contribution in [1.82, 2.24) is 10.3 Å². The van der Waals surface area contributed by atoms with E-state index in [1.165, 1.54) is 10.9 Å². The highest BCUT2D eigenvalue weighted by atomic mass is 32.2. The van der Waals surface area contributed by atoms with E-state index in [1.807, 2.05) is 30.5 Å². The summed E-state index contributed by atoms with van der Waals surface area (Å²) in [6, 6.07) is 10.1. The number of hydrogen-bond acceptors (Lipinski definition) is 3. The summed E-state index contributed by atoms with van der Waals surface area (Å²) in [5, 5.41) is 4.48. The number of benzene rings is 1. The molecule has 1 N–H and O–H groups in total. The fourth-order valence-electron chi connectivity index (χ4n) is 1.75. The number of rotatable bonds is 5. The summed E-state index contributed by atoms with van der Waals surface area (Å²) in [4.78, 5) is 4.32. The zero-order chi connectivity index (χ0) is 12.1. The van der Waals surface area contributed by atoms with E-state index in [0.29, 0.717) is 5.75 Å². The van der Waals surface area contributed by atoms with Gasteiger partial charge in [-0.25, -0.2) is 0 Å². The van der Waals surface area contributed by atoms with Crippen LogP contribution in [0.1, 0.15) is 5.56 Å². The molecule has 0 saturated heterocycles. The summed E-state index contributed by atoms with van der Waals surface area (Å²) in [5.41, 5.74) is 2.25. The highest BCUT2D eigenvalue weighted by Crippen LogP contribution is 2.15. The van der Waals surface area contributed by atoms with Gasteiger partial charge in [0.05, 0.1) is 5.52 Å². The topological polar surface area (TPSA) is 42.0 Å². The lowest BCUT2D eigenvalue weighted by atomic mass is 10.1. The highest BCUT2D eigenvalue weighted by molar-refractivity contribution is 7.84. The second-order valence-electron chi connectivity index (χ2n) is 3.94. The summed E-state index contributed by atoms with van der Waals surface area (Å²) in [6.07, 6.45) is 3.56. The van der Waals surface area contributed by atoms with E-state index in [2.05, 4.69) is 16.4 Å². The van der Waals surface area contributed by atoms with Gasteiger partial charge in [-0.1, -0.05) is 18.2 Å². The second-order valence-corrected chi connectivity index (χ2v) is 5.50. The van der Waals surface area contributed by atoms with Crippen molar-refractivity contribution in [3.05, 3.63) is 42.1 Å². The molecule has 2 rings (SSSR count). The fraction of sp³-hybridized carbons (Fsp3) is 0.308. The van der Waals surface area contributed by atoms with Gasteiger partial charge in [-0.05, 0) is 17.7 Å². The van der Waals surface area contributed by atoms with Crippen molar-refractivity contribution in [1.29, 1.82) is 0 Å². The third kappa shape index (κ3) is 3.35. The third-order valence-electron chi connectivity index (χ3n) is 2.62. The first-order chi connectivity index (χ1) is 8.27. The van der Waals surface area contributed by atoms with E-state index < -0.39 is 10.8 Å². The molecule has 0 amide bonds. The van der Waals surface area contributed by atoms with Crippen LogP contribution >= 0.6 is 0 Å². The van der Waals surface area contributed by atoms with Gasteiger partial charge in [0.15, 0.2) is 0 Å². The number of nitrogens with one attached hydrogen (secondary N) is 1. The predicted molar refractivity (Wildman–Crippen MR) is 72.4 cm³/mol. The maximum atomic E-state index is 10.9. The quantitative estimate of drug-likeness (QED) is 0.819. The van der Waals surface area contributed by atoms with Crippen molar-refractivity contribution < 1.29 is 4.21 Å². The van der Waals surface area contributed by atoms with Crippen molar-refractivity contribution in [3.8, 4) is 0 Å². The molecule has 0 fully saturated rings. The Morgan fingerprint density at radius 1 is 1.29 bits per heavy atom. The number of nitrogens with zero attached hydrogens (tertiary/aromatic N) is 1. The summed E-state index contributed by atoms with van der Waals surface area (Å²) >= 11 is 0. The molecule has 1 heterocycles. The Kier molecular flexibility index (Phi) is 4.23. The number of fused-ring (bicyclic) bond motifs is 1. The van der Waals surface area contributed by atoms with E-state index >= 15 is 0 Å². The van der Waals surface area contributed by atoms with Crippen LogP contribution in [0.15, 0.2) is 36.5 Å². The third-order valence-corrected chi connectivity index (χ3v) is 3.40. The molecule has 3 nitrogen and oxygen atoms in total. The molecule has 0 spiro atoms. The normalized spacial score (nSPS) is 12.8. The molecule has 0 aliphatic heterocycles. The summed E-state index contributed by atoms with van der Waals surface area (Å²) in [5.74, 6) is 0.697. The molecule has 4 heteroatoms. The van der Waals surface area contributed by atoms with Gasteiger partial charge in [-0.2, -0.15) is 0 Å². The van der Waals surface area contributed by atoms with Gasteiger partial charge in [0.25, 0.3) is 0 Å². The van der Waals surface area contributed by atoms with Crippen LogP contribution in [0.4, 0.5) is 0 Å². The summed E-state index contributed by atoms with van der Waals surface area (Å²) in [6.45, 7) is 1.57. The van der Waals surface area contributed by atoms with Gasteiger partial charge < -0.3 is 5.32 Å². The van der Waals surface area contributed by atoms with Gasteiger partial charge in [0, 0.05) is 47.5 Å². The van der Waals surface area contributed by atoms with Crippen molar-refractivity contribution in [2.75, 3.05) is 18.6 Å². The van der Waals surface area contributed by atoms with E-state index in [-0.39, 0.29) is 0 Å². The average Bonchev–Trinajstić information content (AvgIpc) is 2.34. The predicted octanol–water partition coefficient (Wildman–Crippen LogP) is 1.70. The molecular formula is C13H16N2OS. The van der Waals surface area contributed by atoms with E-state index in [0.717, 1.165) is 18.6 Å². The molecule has 0 radical (unpaired) electrons. The van der Waals surface area contributed by atoms with Crippen LogP contribution in [0.2, 0.25) is 0 Å². The van der Waals surface area contributed by atoms with E-state index in [9.17, 15) is 4.21 Å². The Bertz CT molecular complexity index is 522. The highest BCUT2D eigenvalue weighted by Gasteiger charge is 2.00. The fourth-order valence-corrected chi connectivity index (χ4v) is 2.18. The molecule has 0 aliphatic carbocycles. The molecule has 0 bridgehead atoms. The minimum absolute atomic E-state index is 0.697. The zero-order valence-electron chi connectivity index (χ0n) is 9.85. The van der Waals surface area contributed by atoms with E-state index in [1.54, 1.807) is 6.26 Å². The maximum Gasteiger partial charge on any atom is 0.0705 e. The Balaban J connectivity index is 2.05. The van der Waals surface area contributed by atoms with Gasteiger partial charge in [0.2, 0.25) is 0 Å². The lowest BCUT2D eigenvalue weighted by Crippen LogP contribution is -2.19. The van der Waals surface area contributed by atoms with Gasteiger partial charge >= 0.3 is 0 Å². The van der Waals surface area contributed by atoms with Crippen molar-refractivity contribution in [2.45, 2.75) is 6.54 Å². The van der Waals surface area contributed by atoms with Crippen LogP contribution in [-0.4, -0.2) is 27.7 Å². The second kappa shape index (κ2) is 5.89. The van der Waals surface area contributed by atoms with Gasteiger partial charge in [0.1, 0.15) is 0 Å². The number of hydrogen-bond donors (Lipinski definition) is 1. The first-order valence-electron chi connectivity index (χ1n) is 5.61. The van der Waals surface area contributed by atoms with Gasteiger partial charge in [-0.3, -0.25) is 9.19 Å². The van der Waals surface area contributed by atoms with Crippen LogP contribution < -0.4 is 5.32 Å². The molecule has 1 aromatic heterocycles. The molecule has 2 aromatic rings. The minimum Gasteiger partial charge on any atom is -0.312 e. The van der Waals surface area contributed by atoms with Crippen LogP contribution in [-0.2, 0) is 17.3 Å². The number of aromatic nitrogens is 1. The largest absolute Gasteiger partial charge is 0.312 e. The van der Waals surface area contributed by atoms with Crippen LogP contribution in [0.5, 0.6) is 0 Å². The van der Waals surface area contributed by atoms with Crippen molar-refractivity contribution >= 4 is 21.7 Å². The Morgan fingerprint density at radius 3 is 2.94 bits per heavy atom. The standard InChI is InChI=1S/C13H16N2OS/c1-17(16)9-8-14-10-11-6-7-15-13-5-3-2-4-12(11)13/h2-7,14H,8-10H2,1H3. The molecule has 17 heavy (non-hydrogen) atoms. The maximum absolute atomic E-state index is 10.9. The molecule has 1 atom stereocenters. The number of para-hydroxylation sites is 1. The molecule has 0 saturated carbocycles. The van der Waals surface area contributed by atoms with E-state index in [4.69, 9.17) is 0 Å². The molecule has 0 aliphatic rings. The zero-order valence-corrected chi connectivity index (χ0v) is 10.7. The van der Waals surface area contributed by atoms with Crippen LogP contribution in [0, 0.1) is 0 Å². The Morgan fingerprint density at radius 2 is 2.12 bits per heavy atom. The van der Waals surface area contributed by atoms with Crippen LogP contribution in [0.3, 0.4) is 0 Å². The lowest BCUT2D eigenvalue weighted by molar-refractivity contribution is 0.677. The molecular weight excluding hydrogens is 232 g/mol. The summed E-state index contributed by atoms with van der Waals surface area (Å²) < 4.78 is 10.9. The lowest BCUT2D eigenvalue weighted by Gasteiger charge is -2.07. The van der Waals surface area contributed by atoms with Crippen molar-refractivity contribution in [3.63, 3.8) is 0 Å². The molecule has 90 valence electrons. The number of pyridine rings is 1. The van der Waals surface area contributed by atoms with Crippen LogP contribution in [0.25, 0.3) is 10.9 Å². The monoisotopic (exact) mass is 248 g/mol. The summed E-state index contributed by atoms with van der Waals surface area (Å²) in [7, 11) is -0.725. The molecule has 1 unspecified atom stereocenters. The first-order valence-corrected chi connectivity index (χ1v) is 7.33. The van der Waals surface area contributed by atoms with Gasteiger partial charge in [-0.15, -0.1) is 0 Å². The molecule has 1 aromatic carbocycles. The smallest absolute Gasteiger partial charge is 0.0705 e. The Hall–Kier alpha value is -1.26. The Labute approximate surface area is 104 Å². The first kappa shape index (κ1) is 12.2. The minimum atomic E-state index is -0.725. The van der Waals surface area contributed by atoms with Crippen molar-refractivity contribution in [2.24, 2.45) is 0 Å². The average molecular weight is 248 g/mol.